The van der Waals surface area contributed by atoms with E-state index in [4.69, 9.17) is 4.52 Å². The maximum absolute atomic E-state index is 12.3. The van der Waals surface area contributed by atoms with Crippen LogP contribution in [0.1, 0.15) is 22.3 Å². The number of rotatable bonds is 4. The minimum absolute atomic E-state index is 0. The predicted molar refractivity (Wildman–Crippen MR) is 85.9 cm³/mol. The molecule has 0 radical (unpaired) electrons. The van der Waals surface area contributed by atoms with Gasteiger partial charge in [-0.15, -0.1) is 0 Å². The molecule has 0 fully saturated rings. The molecule has 0 aliphatic carbocycles. The van der Waals surface area contributed by atoms with Crippen molar-refractivity contribution >= 4 is 18.2 Å². The molecule has 3 nitrogen and oxygen atoms in total. The third kappa shape index (κ3) is 4.89. The average molecular weight is 344 g/mol. The molecule has 2 aromatic carbocycles. The molecule has 112 valence electrons. The van der Waals surface area contributed by atoms with Gasteiger partial charge >= 0.3 is 29.6 Å². The van der Waals surface area contributed by atoms with Gasteiger partial charge in [0, 0.05) is 4.90 Å². The van der Waals surface area contributed by atoms with Crippen molar-refractivity contribution in [1.29, 1.82) is 0 Å². The van der Waals surface area contributed by atoms with Crippen LogP contribution in [0, 0.1) is 27.7 Å². The zero-order chi connectivity index (χ0) is 15.6. The van der Waals surface area contributed by atoms with Gasteiger partial charge in [-0.05, 0) is 73.5 Å². The van der Waals surface area contributed by atoms with E-state index < -0.39 is 6.80 Å². The summed E-state index contributed by atoms with van der Waals surface area (Å²) in [6.45, 7) is 3.59. The summed E-state index contributed by atoms with van der Waals surface area (Å²) in [4.78, 5) is 13.0. The standard InChI is InChI=1S/C16H19O3PS.Na/c1-11-7-5-9-15(13(11)3)19-20(17,18)21-16-10-6-8-12(2)14(16)4;/h5-10H,1-4H3,(H,17,18);/q;+1/p-1. The molecule has 1 atom stereocenters. The van der Waals surface area contributed by atoms with E-state index in [1.165, 1.54) is 0 Å². The monoisotopic (exact) mass is 344 g/mol. The molecule has 6 heteroatoms. The average Bonchev–Trinajstić information content (AvgIpc) is 2.40. The molecule has 0 saturated carbocycles. The maximum Gasteiger partial charge on any atom is 1.00 e. The summed E-state index contributed by atoms with van der Waals surface area (Å²) in [6, 6.07) is 11.0. The molecular weight excluding hydrogens is 326 g/mol. The second kappa shape index (κ2) is 8.05. The first kappa shape index (κ1) is 19.8. The summed E-state index contributed by atoms with van der Waals surface area (Å²) >= 11 is 0.774. The third-order valence-electron chi connectivity index (χ3n) is 3.53. The fourth-order valence-corrected chi connectivity index (χ4v) is 4.73. The summed E-state index contributed by atoms with van der Waals surface area (Å²) in [5.74, 6) is 0.395. The van der Waals surface area contributed by atoms with Crippen molar-refractivity contribution < 1.29 is 43.5 Å². The molecule has 0 spiro atoms. The van der Waals surface area contributed by atoms with Crippen LogP contribution in [0.5, 0.6) is 5.75 Å². The van der Waals surface area contributed by atoms with Gasteiger partial charge < -0.3 is 9.42 Å². The van der Waals surface area contributed by atoms with Crippen LogP contribution < -0.4 is 39.0 Å². The topological polar surface area (TPSA) is 49.4 Å². The Bertz CT molecular complexity index is 661. The third-order valence-corrected chi connectivity index (χ3v) is 6.30. The molecule has 0 amide bonds. The second-order valence-corrected chi connectivity index (χ2v) is 8.61. The van der Waals surface area contributed by atoms with Crippen LogP contribution in [-0.2, 0) is 4.57 Å². The first-order chi connectivity index (χ1) is 9.80. The van der Waals surface area contributed by atoms with E-state index >= 15 is 0 Å². The number of hydrogen-bond acceptors (Lipinski definition) is 4. The SMILES string of the molecule is Cc1cccc(OP(=O)([O-])Sc2cccc(C)c2C)c1C.[Na+]. The summed E-state index contributed by atoms with van der Waals surface area (Å²) in [5, 5.41) is 0. The zero-order valence-electron chi connectivity index (χ0n) is 13.5. The van der Waals surface area contributed by atoms with E-state index in [0.717, 1.165) is 33.6 Å². The molecule has 0 N–H and O–H groups in total. The summed E-state index contributed by atoms with van der Waals surface area (Å²) in [6.07, 6.45) is 0. The Balaban J connectivity index is 0.00000242. The van der Waals surface area contributed by atoms with Gasteiger partial charge in [0.25, 0.3) is 0 Å². The van der Waals surface area contributed by atoms with Gasteiger partial charge in [0.2, 0.25) is 6.80 Å². The molecule has 0 aromatic heterocycles. The van der Waals surface area contributed by atoms with Crippen LogP contribution >= 0.6 is 18.2 Å². The molecule has 2 rings (SSSR count). The fourth-order valence-electron chi connectivity index (χ4n) is 1.91. The molecular formula is C16H18NaO3PS. The molecule has 0 bridgehead atoms. The fraction of sp³-hybridized carbons (Fsp3) is 0.250. The molecule has 0 aliphatic rings. The molecule has 0 saturated heterocycles. The normalized spacial score (nSPS) is 13.1. The van der Waals surface area contributed by atoms with Crippen molar-refractivity contribution in [2.45, 2.75) is 32.6 Å². The zero-order valence-corrected chi connectivity index (χ0v) is 17.3. The largest absolute Gasteiger partial charge is 1.00 e. The Morgan fingerprint density at radius 2 is 1.50 bits per heavy atom. The van der Waals surface area contributed by atoms with Gasteiger partial charge in [0.1, 0.15) is 5.75 Å². The maximum atomic E-state index is 12.3. The van der Waals surface area contributed by atoms with Crippen LogP contribution in [0.15, 0.2) is 41.3 Å². The van der Waals surface area contributed by atoms with Crippen LogP contribution in [0.2, 0.25) is 0 Å². The van der Waals surface area contributed by atoms with Crippen LogP contribution in [0.3, 0.4) is 0 Å². The van der Waals surface area contributed by atoms with Crippen molar-refractivity contribution in [2.24, 2.45) is 0 Å². The number of benzene rings is 2. The van der Waals surface area contributed by atoms with Crippen LogP contribution in [-0.4, -0.2) is 0 Å². The second-order valence-electron chi connectivity index (χ2n) is 5.03. The quantitative estimate of drug-likeness (QED) is 0.624. The number of hydrogen-bond donors (Lipinski definition) is 0. The first-order valence-corrected chi connectivity index (χ1v) is 9.59. The Labute approximate surface area is 158 Å². The first-order valence-electron chi connectivity index (χ1n) is 6.63. The molecule has 0 heterocycles. The molecule has 1 unspecified atom stereocenters. The smallest absolute Gasteiger partial charge is 0.760 e. The molecule has 0 aliphatic heterocycles. The van der Waals surface area contributed by atoms with Crippen molar-refractivity contribution in [3.8, 4) is 5.75 Å². The van der Waals surface area contributed by atoms with E-state index in [9.17, 15) is 9.46 Å². The van der Waals surface area contributed by atoms with Gasteiger partial charge in [-0.1, -0.05) is 24.3 Å². The van der Waals surface area contributed by atoms with Gasteiger partial charge in [-0.3, -0.25) is 4.57 Å². The van der Waals surface area contributed by atoms with E-state index in [0.29, 0.717) is 10.6 Å². The Morgan fingerprint density at radius 1 is 0.955 bits per heavy atom. The van der Waals surface area contributed by atoms with Gasteiger partial charge in [-0.2, -0.15) is 0 Å². The van der Waals surface area contributed by atoms with E-state index in [1.807, 2.05) is 45.9 Å². The Hall–Kier alpha value is -0.220. The Kier molecular flexibility index (Phi) is 7.25. The molecule has 2 aromatic rings. The van der Waals surface area contributed by atoms with Crippen molar-refractivity contribution in [2.75, 3.05) is 0 Å². The van der Waals surface area contributed by atoms with Gasteiger partial charge in [0.15, 0.2) is 0 Å². The van der Waals surface area contributed by atoms with Crippen molar-refractivity contribution in [3.05, 3.63) is 58.7 Å². The van der Waals surface area contributed by atoms with Crippen LogP contribution in [0.25, 0.3) is 0 Å². The van der Waals surface area contributed by atoms with Gasteiger partial charge in [0.05, 0.1) is 0 Å². The van der Waals surface area contributed by atoms with Crippen molar-refractivity contribution in [1.82, 2.24) is 0 Å². The minimum atomic E-state index is -4.06. The molecule has 22 heavy (non-hydrogen) atoms. The van der Waals surface area contributed by atoms with Gasteiger partial charge in [-0.25, -0.2) is 0 Å². The number of aryl methyl sites for hydroxylation is 2. The Morgan fingerprint density at radius 3 is 2.14 bits per heavy atom. The summed E-state index contributed by atoms with van der Waals surface area (Å²) in [7, 11) is 0. The summed E-state index contributed by atoms with van der Waals surface area (Å²) in [5.41, 5.74) is 3.87. The summed E-state index contributed by atoms with van der Waals surface area (Å²) < 4.78 is 17.5. The minimum Gasteiger partial charge on any atom is -0.760 e. The van der Waals surface area contributed by atoms with Crippen molar-refractivity contribution in [3.63, 3.8) is 0 Å². The van der Waals surface area contributed by atoms with E-state index in [2.05, 4.69) is 0 Å². The van der Waals surface area contributed by atoms with E-state index in [1.54, 1.807) is 18.2 Å². The predicted octanol–water partition coefficient (Wildman–Crippen LogP) is 1.56. The van der Waals surface area contributed by atoms with E-state index in [-0.39, 0.29) is 29.6 Å². The van der Waals surface area contributed by atoms with Crippen LogP contribution in [0.4, 0.5) is 0 Å².